The molecule has 1 aliphatic heterocycles. The third-order valence-corrected chi connectivity index (χ3v) is 13.1. The molecule has 0 unspecified atom stereocenters. The first-order valence-corrected chi connectivity index (χ1v) is 30.8. The van der Waals surface area contributed by atoms with Crippen molar-refractivity contribution in [1.29, 1.82) is 0 Å². The molecule has 2 rings (SSSR count). The van der Waals surface area contributed by atoms with Gasteiger partial charge in [-0.15, -0.1) is 0 Å². The number of halogens is 3. The second-order valence-electron chi connectivity index (χ2n) is 28.5. The van der Waals surface area contributed by atoms with Gasteiger partial charge in [-0.1, -0.05) is 12.8 Å². The maximum Gasteiger partial charge on any atom is 0.471 e. The van der Waals surface area contributed by atoms with Crippen molar-refractivity contribution in [3.05, 3.63) is 0 Å². The van der Waals surface area contributed by atoms with Crippen LogP contribution in [0.5, 0.6) is 0 Å². The third kappa shape index (κ3) is 45.8. The van der Waals surface area contributed by atoms with E-state index in [4.69, 9.17) is 9.47 Å². The first-order valence-electron chi connectivity index (χ1n) is 30.8. The lowest BCUT2D eigenvalue weighted by Crippen LogP contribution is -2.47. The van der Waals surface area contributed by atoms with Crippen molar-refractivity contribution in [2.75, 3.05) is 81.3 Å². The number of likely N-dealkylation sites (tertiary alicyclic amines) is 1. The normalized spacial score (nSPS) is 13.5. The molecular formula is C64H126F3N9O12. The van der Waals surface area contributed by atoms with Crippen molar-refractivity contribution in [3.63, 3.8) is 0 Å². The number of amides is 9. The highest BCUT2D eigenvalue weighted by molar-refractivity contribution is 5.82. The number of nitrogens with zero attached hydrogens (tertiary/aromatic N) is 6. The van der Waals surface area contributed by atoms with E-state index in [9.17, 15) is 56.3 Å². The molecular weight excluding hydrogens is 1140 g/mol. The second kappa shape index (κ2) is 41.8. The van der Waals surface area contributed by atoms with E-state index in [-0.39, 0.29) is 81.6 Å². The molecule has 9 amide bonds. The fourth-order valence-corrected chi connectivity index (χ4v) is 7.68. The number of alkyl halides is 3. The first-order chi connectivity index (χ1) is 39.4. The van der Waals surface area contributed by atoms with Gasteiger partial charge in [0.25, 0.3) is 0 Å². The summed E-state index contributed by atoms with van der Waals surface area (Å²) >= 11 is 0. The highest BCUT2D eigenvalue weighted by Crippen LogP contribution is 2.28. The Balaban J connectivity index is -0.000000306. The maximum atomic E-state index is 11.9. The Kier molecular flexibility index (Phi) is 43.4. The van der Waals surface area contributed by atoms with Gasteiger partial charge in [-0.25, -0.2) is 9.59 Å². The summed E-state index contributed by atoms with van der Waals surface area (Å²) in [5.74, 6) is -0.914. The van der Waals surface area contributed by atoms with E-state index in [0.29, 0.717) is 50.8 Å². The van der Waals surface area contributed by atoms with Gasteiger partial charge in [-0.05, 0) is 192 Å². The van der Waals surface area contributed by atoms with Gasteiger partial charge < -0.3 is 59.6 Å². The lowest BCUT2D eigenvalue weighted by molar-refractivity contribution is -0.175. The van der Waals surface area contributed by atoms with Gasteiger partial charge in [0, 0.05) is 132 Å². The number of carbonyl (C=O) groups is 9. The molecule has 1 aliphatic carbocycles. The SMILES string of the molecule is CC(C)(C)NC(=O)C(F)(F)F.CC(C)(C)NC(=O)CCCN1CCCC1=O.CCN(C(=O)CCNC(C)=O)C(C)(C)C.CCN(C(=O)COC)C(C)(C)C.CCOC(=O)N(C)C(C)(C)C.CN(C(=O)C1CCCC1)C(C)(C)C.COC(=O)N(C)C(C)(C)C. The van der Waals surface area contributed by atoms with Gasteiger partial charge >= 0.3 is 24.3 Å². The second-order valence-corrected chi connectivity index (χ2v) is 28.5. The number of hydrogen-bond acceptors (Lipinski definition) is 12. The average molecular weight is 1270 g/mol. The van der Waals surface area contributed by atoms with Crippen molar-refractivity contribution >= 4 is 53.5 Å². The fourth-order valence-electron chi connectivity index (χ4n) is 7.68. The Morgan fingerprint density at radius 3 is 1.30 bits per heavy atom. The van der Waals surface area contributed by atoms with E-state index >= 15 is 0 Å². The molecule has 2 aliphatic rings. The molecule has 0 bridgehead atoms. The molecule has 3 N–H and O–H groups in total. The lowest BCUT2D eigenvalue weighted by atomic mass is 10.0. The molecule has 0 aromatic heterocycles. The molecule has 0 spiro atoms. The highest BCUT2D eigenvalue weighted by atomic mass is 19.4. The number of methoxy groups -OCH3 is 2. The van der Waals surface area contributed by atoms with Gasteiger partial charge in [-0.3, -0.25) is 33.6 Å². The summed E-state index contributed by atoms with van der Waals surface area (Å²) in [5, 5.41) is 7.33. The average Bonchev–Trinajstić information content (AvgIpc) is 4.04. The van der Waals surface area contributed by atoms with E-state index in [1.807, 2.05) is 139 Å². The van der Waals surface area contributed by atoms with E-state index in [2.05, 4.69) is 36.1 Å². The van der Waals surface area contributed by atoms with Crippen molar-refractivity contribution in [2.45, 2.75) is 276 Å². The van der Waals surface area contributed by atoms with E-state index in [1.54, 1.807) is 41.0 Å². The summed E-state index contributed by atoms with van der Waals surface area (Å²) in [5.41, 5.74) is -1.61. The number of ether oxygens (including phenoxy) is 3. The Labute approximate surface area is 530 Å². The smallest absolute Gasteiger partial charge is 0.453 e. The molecule has 0 aromatic carbocycles. The van der Waals surface area contributed by atoms with Gasteiger partial charge in [0.05, 0.1) is 13.7 Å². The molecule has 24 heteroatoms. The molecule has 1 heterocycles. The molecule has 1 saturated heterocycles. The summed E-state index contributed by atoms with van der Waals surface area (Å²) < 4.78 is 48.8. The van der Waals surface area contributed by atoms with Crippen LogP contribution in [-0.2, 0) is 47.8 Å². The summed E-state index contributed by atoms with van der Waals surface area (Å²) in [4.78, 5) is 111. The van der Waals surface area contributed by atoms with Crippen LogP contribution in [0, 0.1) is 5.92 Å². The predicted octanol–water partition coefficient (Wildman–Crippen LogP) is 11.0. The monoisotopic (exact) mass is 1270 g/mol. The standard InChI is InChI=1S/C12H22N2O2.C11H22N2O2.C11H21NO.C9H19NO2.C8H17NO2.C7H15NO2.C6H10F3NO/c1-12(2,3)13-10(15)6-4-8-14-9-5-7-11(14)16;1-6-13(11(3,4)5)10(15)7-8-12-9(2)14;1-11(2,3)12(4)10(13)9-7-5-6-8-9;1-6-10(9(2,3)4)8(11)7-12-5;1-6-11-7(10)9(5)8(2,3)4;1-7(2,3)8(4)6(9)10-5;1-5(2,3)10-4(11)6(7,8)9/h4-9H2,1-3H3,(H,13,15);6-8H2,1-5H3,(H,12,14);9H,5-8H2,1-4H3;6-7H2,1-5H3;6H2,1-5H3;1-5H3;1-3H3,(H,10,11). The number of likely N-dealkylation sites (N-methyl/N-ethyl adjacent to an activating group) is 1. The molecule has 1 saturated carbocycles. The van der Waals surface area contributed by atoms with Crippen LogP contribution in [-0.4, -0.2) is 209 Å². The predicted molar refractivity (Wildman–Crippen MR) is 345 cm³/mol. The Morgan fingerprint density at radius 2 is 1.00 bits per heavy atom. The molecule has 21 nitrogen and oxygen atoms in total. The molecule has 88 heavy (non-hydrogen) atoms. The third-order valence-electron chi connectivity index (χ3n) is 13.1. The lowest BCUT2D eigenvalue weighted by Gasteiger charge is -2.35. The Bertz CT molecular complexity index is 2070. The number of rotatable bonds is 13. The molecule has 0 atom stereocenters. The molecule has 0 aromatic rings. The molecule has 2 fully saturated rings. The largest absolute Gasteiger partial charge is 0.471 e. The summed E-state index contributed by atoms with van der Waals surface area (Å²) in [6, 6.07) is 0. The van der Waals surface area contributed by atoms with Crippen LogP contribution in [0.2, 0.25) is 0 Å². The molecule has 520 valence electrons. The molecule has 0 radical (unpaired) electrons. The van der Waals surface area contributed by atoms with Crippen LogP contribution in [0.25, 0.3) is 0 Å². The van der Waals surface area contributed by atoms with Gasteiger partial charge in [0.2, 0.25) is 35.4 Å². The van der Waals surface area contributed by atoms with Crippen LogP contribution in [0.15, 0.2) is 0 Å². The number of nitrogens with one attached hydrogen (secondary N) is 3. The van der Waals surface area contributed by atoms with Crippen LogP contribution in [0.4, 0.5) is 22.8 Å². The summed E-state index contributed by atoms with van der Waals surface area (Å²) in [6.07, 6.45) is 2.57. The zero-order valence-corrected chi connectivity index (χ0v) is 60.6. The van der Waals surface area contributed by atoms with Gasteiger partial charge in [-0.2, -0.15) is 13.2 Å². The highest BCUT2D eigenvalue weighted by Gasteiger charge is 2.40. The van der Waals surface area contributed by atoms with Crippen LogP contribution < -0.4 is 16.0 Å². The minimum absolute atomic E-state index is 0.0281. The van der Waals surface area contributed by atoms with Gasteiger partial charge in [0.15, 0.2) is 0 Å². The zero-order valence-electron chi connectivity index (χ0n) is 60.6. The van der Waals surface area contributed by atoms with E-state index < -0.39 is 17.6 Å². The van der Waals surface area contributed by atoms with E-state index in [1.165, 1.54) is 54.8 Å². The van der Waals surface area contributed by atoms with Crippen molar-refractivity contribution < 1.29 is 70.5 Å². The zero-order chi connectivity index (χ0) is 70.8. The minimum atomic E-state index is -4.78. The number of carbonyl (C=O) groups excluding carboxylic acids is 9. The van der Waals surface area contributed by atoms with Crippen molar-refractivity contribution in [3.8, 4) is 0 Å². The summed E-state index contributed by atoms with van der Waals surface area (Å²) in [7, 11) is 8.28. The van der Waals surface area contributed by atoms with Crippen LogP contribution >= 0.6 is 0 Å². The quantitative estimate of drug-likeness (QED) is 0.156. The van der Waals surface area contributed by atoms with Crippen molar-refractivity contribution in [2.24, 2.45) is 5.92 Å². The summed E-state index contributed by atoms with van der Waals surface area (Å²) in [6.45, 7) is 51.6. The topological polar surface area (TPSA) is 237 Å². The van der Waals surface area contributed by atoms with Crippen molar-refractivity contribution in [1.82, 2.24) is 45.3 Å². The Hall–Kier alpha value is -5.42. The maximum absolute atomic E-state index is 11.9. The fraction of sp³-hybridized carbons (Fsp3) is 0.859. The first kappa shape index (κ1) is 91.3. The van der Waals surface area contributed by atoms with Crippen LogP contribution in [0.3, 0.4) is 0 Å². The number of hydrogen-bond donors (Lipinski definition) is 3. The van der Waals surface area contributed by atoms with Crippen LogP contribution in [0.1, 0.15) is 231 Å². The minimum Gasteiger partial charge on any atom is -0.453 e. The van der Waals surface area contributed by atoms with E-state index in [0.717, 1.165) is 45.3 Å². The van der Waals surface area contributed by atoms with Gasteiger partial charge in [0.1, 0.15) is 6.61 Å². The Morgan fingerprint density at radius 1 is 0.580 bits per heavy atom.